The van der Waals surface area contributed by atoms with Gasteiger partial charge in [0.05, 0.1) is 17.3 Å². The Balaban J connectivity index is 1.70. The number of ether oxygens (including phenoxy) is 2. The first-order valence-electron chi connectivity index (χ1n) is 9.95. The van der Waals surface area contributed by atoms with Crippen molar-refractivity contribution in [1.82, 2.24) is 15.5 Å². The zero-order chi connectivity index (χ0) is 23.0. The predicted molar refractivity (Wildman–Crippen MR) is 112 cm³/mol. The van der Waals surface area contributed by atoms with Gasteiger partial charge in [-0.25, -0.2) is 13.2 Å². The summed E-state index contributed by atoms with van der Waals surface area (Å²) in [5.41, 5.74) is 0.0446. The average Bonchev–Trinajstić information content (AvgIpc) is 2.79. The standard InChI is InChI=1S/C22H21F3N4O3/c1-10(12-5-4-6-13(19(12)23)20(24)25)27-21-15-8-16-17(7-14(15)11(2)28-29-21)32-18(9-31-16)22(30)26-3/h4-8,10,18,20H,9H2,1-3H3,(H,26,30)(H,27,29). The minimum Gasteiger partial charge on any atom is -0.485 e. The van der Waals surface area contributed by atoms with Gasteiger partial charge in [-0.05, 0) is 26.0 Å². The molecule has 1 aliphatic rings. The number of hydrogen-bond acceptors (Lipinski definition) is 6. The minimum atomic E-state index is -2.91. The Hall–Kier alpha value is -3.56. The highest BCUT2D eigenvalue weighted by atomic mass is 19.3. The van der Waals surface area contributed by atoms with Gasteiger partial charge in [-0.2, -0.15) is 5.10 Å². The molecule has 2 unspecified atom stereocenters. The van der Waals surface area contributed by atoms with Crippen LogP contribution in [0, 0.1) is 12.7 Å². The molecule has 0 bridgehead atoms. The van der Waals surface area contributed by atoms with Gasteiger partial charge in [0.1, 0.15) is 12.4 Å². The Morgan fingerprint density at radius 1 is 1.16 bits per heavy atom. The Labute approximate surface area is 181 Å². The normalized spacial score (nSPS) is 16.2. The van der Waals surface area contributed by atoms with Gasteiger partial charge in [-0.1, -0.05) is 18.2 Å². The molecule has 0 fully saturated rings. The van der Waals surface area contributed by atoms with Crippen LogP contribution in [0.2, 0.25) is 0 Å². The number of carbonyl (C=O) groups excluding carboxylic acids is 1. The van der Waals surface area contributed by atoms with Crippen LogP contribution in [0.4, 0.5) is 19.0 Å². The van der Waals surface area contributed by atoms with E-state index in [2.05, 4.69) is 20.8 Å². The van der Waals surface area contributed by atoms with Gasteiger partial charge in [-0.15, -0.1) is 5.10 Å². The lowest BCUT2D eigenvalue weighted by Crippen LogP contribution is -2.42. The number of aromatic nitrogens is 2. The Kier molecular flexibility index (Phi) is 5.77. The first-order chi connectivity index (χ1) is 15.3. The molecule has 2 aromatic carbocycles. The molecule has 1 aliphatic heterocycles. The van der Waals surface area contributed by atoms with E-state index in [0.29, 0.717) is 33.8 Å². The molecular weight excluding hydrogens is 425 g/mol. The second-order valence-electron chi connectivity index (χ2n) is 7.43. The quantitative estimate of drug-likeness (QED) is 0.615. The summed E-state index contributed by atoms with van der Waals surface area (Å²) >= 11 is 0. The number of aryl methyl sites for hydroxylation is 1. The van der Waals surface area contributed by atoms with Crippen LogP contribution in [0.15, 0.2) is 30.3 Å². The number of amides is 1. The molecule has 32 heavy (non-hydrogen) atoms. The van der Waals surface area contributed by atoms with E-state index in [-0.39, 0.29) is 18.1 Å². The molecule has 10 heteroatoms. The molecule has 168 valence electrons. The van der Waals surface area contributed by atoms with E-state index in [1.807, 2.05) is 0 Å². The Morgan fingerprint density at radius 2 is 1.88 bits per heavy atom. The summed E-state index contributed by atoms with van der Waals surface area (Å²) in [4.78, 5) is 11.9. The van der Waals surface area contributed by atoms with E-state index in [9.17, 15) is 18.0 Å². The fraction of sp³-hybridized carbons (Fsp3) is 0.318. The van der Waals surface area contributed by atoms with E-state index in [1.54, 1.807) is 26.0 Å². The molecule has 4 rings (SSSR count). The molecule has 2 atom stereocenters. The maximum atomic E-state index is 14.6. The molecule has 1 aromatic heterocycles. The van der Waals surface area contributed by atoms with Crippen LogP contribution in [0.3, 0.4) is 0 Å². The lowest BCUT2D eigenvalue weighted by molar-refractivity contribution is -0.129. The van der Waals surface area contributed by atoms with Crippen molar-refractivity contribution < 1.29 is 27.4 Å². The highest BCUT2D eigenvalue weighted by Crippen LogP contribution is 2.39. The van der Waals surface area contributed by atoms with Crippen molar-refractivity contribution in [3.8, 4) is 11.5 Å². The summed E-state index contributed by atoms with van der Waals surface area (Å²) in [5, 5.41) is 15.2. The predicted octanol–water partition coefficient (Wildman–Crippen LogP) is 4.07. The number of alkyl halides is 2. The van der Waals surface area contributed by atoms with Gasteiger partial charge >= 0.3 is 0 Å². The third-order valence-corrected chi connectivity index (χ3v) is 5.34. The first kappa shape index (κ1) is 21.7. The van der Waals surface area contributed by atoms with Gasteiger partial charge in [0, 0.05) is 23.4 Å². The van der Waals surface area contributed by atoms with Crippen LogP contribution in [0.1, 0.15) is 36.2 Å². The van der Waals surface area contributed by atoms with Gasteiger partial charge in [-0.3, -0.25) is 4.79 Å². The van der Waals surface area contributed by atoms with Crippen molar-refractivity contribution in [2.24, 2.45) is 0 Å². The van der Waals surface area contributed by atoms with E-state index in [0.717, 1.165) is 6.07 Å². The average molecular weight is 446 g/mol. The van der Waals surface area contributed by atoms with E-state index in [4.69, 9.17) is 9.47 Å². The number of carbonyl (C=O) groups is 1. The smallest absolute Gasteiger partial charge is 0.266 e. The number of benzene rings is 2. The molecule has 7 nitrogen and oxygen atoms in total. The lowest BCUT2D eigenvalue weighted by Gasteiger charge is -2.26. The van der Waals surface area contributed by atoms with Crippen molar-refractivity contribution in [2.75, 3.05) is 19.0 Å². The molecule has 0 radical (unpaired) electrons. The fourth-order valence-electron chi connectivity index (χ4n) is 3.60. The number of nitrogens with one attached hydrogen (secondary N) is 2. The first-order valence-corrected chi connectivity index (χ1v) is 9.95. The van der Waals surface area contributed by atoms with Crippen molar-refractivity contribution in [1.29, 1.82) is 0 Å². The molecule has 1 amide bonds. The fourth-order valence-corrected chi connectivity index (χ4v) is 3.60. The minimum absolute atomic E-state index is 0.0421. The summed E-state index contributed by atoms with van der Waals surface area (Å²) in [6, 6.07) is 6.64. The van der Waals surface area contributed by atoms with Crippen LogP contribution < -0.4 is 20.1 Å². The van der Waals surface area contributed by atoms with Crippen molar-refractivity contribution in [3.63, 3.8) is 0 Å². The number of hydrogen-bond donors (Lipinski definition) is 2. The van der Waals surface area contributed by atoms with Crippen LogP contribution in [0.25, 0.3) is 10.8 Å². The van der Waals surface area contributed by atoms with Crippen LogP contribution in [0.5, 0.6) is 11.5 Å². The molecule has 2 N–H and O–H groups in total. The molecular formula is C22H21F3N4O3. The van der Waals surface area contributed by atoms with Gasteiger partial charge in [0.25, 0.3) is 12.3 Å². The number of anilines is 1. The largest absolute Gasteiger partial charge is 0.485 e. The molecule has 0 saturated carbocycles. The highest BCUT2D eigenvalue weighted by molar-refractivity contribution is 5.96. The summed E-state index contributed by atoms with van der Waals surface area (Å²) in [6.45, 7) is 3.45. The molecule has 2 heterocycles. The topological polar surface area (TPSA) is 85.4 Å². The third-order valence-electron chi connectivity index (χ3n) is 5.34. The van der Waals surface area contributed by atoms with Gasteiger partial charge in [0.15, 0.2) is 17.3 Å². The summed E-state index contributed by atoms with van der Waals surface area (Å²) in [5.74, 6) is -0.111. The van der Waals surface area contributed by atoms with Crippen LogP contribution in [-0.4, -0.2) is 35.9 Å². The number of halogens is 3. The number of fused-ring (bicyclic) bond motifs is 2. The number of likely N-dealkylation sites (N-methyl/N-ethyl adjacent to an activating group) is 1. The SMILES string of the molecule is CNC(=O)C1COc2cc3c(NC(C)c4cccc(C(F)F)c4F)nnc(C)c3cc2O1. The van der Waals surface area contributed by atoms with Crippen molar-refractivity contribution >= 4 is 22.5 Å². The van der Waals surface area contributed by atoms with Crippen molar-refractivity contribution in [2.45, 2.75) is 32.4 Å². The monoisotopic (exact) mass is 446 g/mol. The molecule has 0 saturated heterocycles. The maximum absolute atomic E-state index is 14.6. The number of rotatable bonds is 5. The summed E-state index contributed by atoms with van der Waals surface area (Å²) in [7, 11) is 1.51. The lowest BCUT2D eigenvalue weighted by atomic mass is 10.0. The summed E-state index contributed by atoms with van der Waals surface area (Å²) < 4.78 is 52.2. The molecule has 0 aliphatic carbocycles. The summed E-state index contributed by atoms with van der Waals surface area (Å²) in [6.07, 6.45) is -3.69. The Bertz CT molecular complexity index is 1190. The zero-order valence-corrected chi connectivity index (χ0v) is 17.6. The van der Waals surface area contributed by atoms with Crippen LogP contribution in [-0.2, 0) is 4.79 Å². The third kappa shape index (κ3) is 3.88. The zero-order valence-electron chi connectivity index (χ0n) is 17.6. The second kappa shape index (κ2) is 8.52. The molecule has 0 spiro atoms. The van der Waals surface area contributed by atoms with Gasteiger partial charge in [0.2, 0.25) is 6.10 Å². The van der Waals surface area contributed by atoms with Crippen LogP contribution >= 0.6 is 0 Å². The van der Waals surface area contributed by atoms with Gasteiger partial charge < -0.3 is 20.1 Å². The number of nitrogens with zero attached hydrogens (tertiary/aromatic N) is 2. The highest BCUT2D eigenvalue weighted by Gasteiger charge is 2.28. The molecule has 3 aromatic rings. The maximum Gasteiger partial charge on any atom is 0.266 e. The Morgan fingerprint density at radius 3 is 2.59 bits per heavy atom. The second-order valence-corrected chi connectivity index (χ2v) is 7.43. The van der Waals surface area contributed by atoms with E-state index in [1.165, 1.54) is 19.2 Å². The van der Waals surface area contributed by atoms with Crippen molar-refractivity contribution in [3.05, 3.63) is 53.0 Å². The van der Waals surface area contributed by atoms with E-state index >= 15 is 0 Å². The van der Waals surface area contributed by atoms with E-state index < -0.39 is 30.0 Å².